The van der Waals surface area contributed by atoms with E-state index in [2.05, 4.69) is 18.7 Å². The van der Waals surface area contributed by atoms with Gasteiger partial charge in [-0.2, -0.15) is 0 Å². The minimum absolute atomic E-state index is 0.212. The zero-order valence-corrected chi connectivity index (χ0v) is 12.3. The quantitative estimate of drug-likeness (QED) is 0.845. The van der Waals surface area contributed by atoms with E-state index in [0.717, 1.165) is 38.3 Å². The molecule has 1 aromatic carbocycles. The predicted molar refractivity (Wildman–Crippen MR) is 79.3 cm³/mol. The molecule has 3 nitrogen and oxygen atoms in total. The first-order valence-corrected chi connectivity index (χ1v) is 7.34. The van der Waals surface area contributed by atoms with Crippen LogP contribution in [-0.2, 0) is 4.79 Å². The molecule has 0 aromatic heterocycles. The largest absolute Gasteiger partial charge is 0.368 e. The van der Waals surface area contributed by atoms with Crippen LogP contribution < -0.4 is 4.90 Å². The fourth-order valence-electron chi connectivity index (χ4n) is 2.44. The van der Waals surface area contributed by atoms with Gasteiger partial charge in [-0.1, -0.05) is 13.8 Å². The lowest BCUT2D eigenvalue weighted by Gasteiger charge is -2.36. The summed E-state index contributed by atoms with van der Waals surface area (Å²) in [7, 11) is 0. The van der Waals surface area contributed by atoms with E-state index in [4.69, 9.17) is 0 Å². The minimum Gasteiger partial charge on any atom is -0.368 e. The SMILES string of the molecule is CC(C)CCC(=O)N1CCN(c2ccc(F)cc2)CC1. The molecule has 0 unspecified atom stereocenters. The van der Waals surface area contributed by atoms with Gasteiger partial charge in [-0.3, -0.25) is 4.79 Å². The van der Waals surface area contributed by atoms with Crippen LogP contribution in [0.25, 0.3) is 0 Å². The molecular weight excluding hydrogens is 255 g/mol. The molecule has 0 spiro atoms. The van der Waals surface area contributed by atoms with E-state index in [1.165, 1.54) is 12.1 Å². The van der Waals surface area contributed by atoms with Gasteiger partial charge in [0.1, 0.15) is 5.82 Å². The zero-order valence-electron chi connectivity index (χ0n) is 12.3. The van der Waals surface area contributed by atoms with Crippen LogP contribution in [-0.4, -0.2) is 37.0 Å². The number of piperazine rings is 1. The average molecular weight is 278 g/mol. The normalized spacial score (nSPS) is 15.8. The minimum atomic E-state index is -0.212. The van der Waals surface area contributed by atoms with Gasteiger partial charge in [0.15, 0.2) is 0 Å². The smallest absolute Gasteiger partial charge is 0.222 e. The van der Waals surface area contributed by atoms with E-state index in [9.17, 15) is 9.18 Å². The summed E-state index contributed by atoms with van der Waals surface area (Å²) in [5.74, 6) is 0.619. The second-order valence-electron chi connectivity index (χ2n) is 5.78. The molecule has 4 heteroatoms. The molecular formula is C16H23FN2O. The van der Waals surface area contributed by atoms with E-state index < -0.39 is 0 Å². The van der Waals surface area contributed by atoms with Gasteiger partial charge in [-0.15, -0.1) is 0 Å². The Morgan fingerprint density at radius 3 is 2.30 bits per heavy atom. The van der Waals surface area contributed by atoms with Gasteiger partial charge in [-0.05, 0) is 36.6 Å². The third-order valence-corrected chi connectivity index (χ3v) is 3.76. The van der Waals surface area contributed by atoms with Gasteiger partial charge in [0, 0.05) is 38.3 Å². The number of hydrogen-bond acceptors (Lipinski definition) is 2. The Balaban J connectivity index is 1.83. The molecule has 0 aliphatic carbocycles. The molecule has 110 valence electrons. The molecule has 0 radical (unpaired) electrons. The van der Waals surface area contributed by atoms with Gasteiger partial charge >= 0.3 is 0 Å². The molecule has 0 bridgehead atoms. The number of hydrogen-bond donors (Lipinski definition) is 0. The molecule has 0 saturated carbocycles. The first-order chi connectivity index (χ1) is 9.56. The van der Waals surface area contributed by atoms with Crippen LogP contribution in [0.3, 0.4) is 0 Å². The molecule has 1 heterocycles. The lowest BCUT2D eigenvalue weighted by atomic mass is 10.1. The Bertz CT molecular complexity index is 436. The Labute approximate surface area is 120 Å². The van der Waals surface area contributed by atoms with E-state index in [1.807, 2.05) is 4.90 Å². The summed E-state index contributed by atoms with van der Waals surface area (Å²) >= 11 is 0. The van der Waals surface area contributed by atoms with Crippen molar-refractivity contribution >= 4 is 11.6 Å². The van der Waals surface area contributed by atoms with Crippen LogP contribution >= 0.6 is 0 Å². The number of amides is 1. The Hall–Kier alpha value is -1.58. The van der Waals surface area contributed by atoms with Gasteiger partial charge in [0.25, 0.3) is 0 Å². The topological polar surface area (TPSA) is 23.6 Å². The highest BCUT2D eigenvalue weighted by Gasteiger charge is 2.21. The molecule has 0 atom stereocenters. The summed E-state index contributed by atoms with van der Waals surface area (Å²) in [4.78, 5) is 16.2. The number of carbonyl (C=O) groups is 1. The van der Waals surface area contributed by atoms with Crippen LogP contribution in [0.2, 0.25) is 0 Å². The van der Waals surface area contributed by atoms with Crippen LogP contribution in [0.5, 0.6) is 0 Å². The maximum Gasteiger partial charge on any atom is 0.222 e. The highest BCUT2D eigenvalue weighted by Crippen LogP contribution is 2.17. The maximum absolute atomic E-state index is 12.9. The van der Waals surface area contributed by atoms with Gasteiger partial charge < -0.3 is 9.80 Å². The standard InChI is InChI=1S/C16H23FN2O/c1-13(2)3-8-16(20)19-11-9-18(10-12-19)15-6-4-14(17)5-7-15/h4-7,13H,3,8-12H2,1-2H3. The Morgan fingerprint density at radius 1 is 1.15 bits per heavy atom. The summed E-state index contributed by atoms with van der Waals surface area (Å²) in [6.45, 7) is 7.43. The summed E-state index contributed by atoms with van der Waals surface area (Å²) in [5.41, 5.74) is 1.03. The summed E-state index contributed by atoms with van der Waals surface area (Å²) in [6, 6.07) is 6.56. The number of nitrogens with zero attached hydrogens (tertiary/aromatic N) is 2. The highest BCUT2D eigenvalue weighted by atomic mass is 19.1. The van der Waals surface area contributed by atoms with Gasteiger partial charge in [0.05, 0.1) is 0 Å². The van der Waals surface area contributed by atoms with Crippen LogP contribution in [0, 0.1) is 11.7 Å². The average Bonchev–Trinajstić information content (AvgIpc) is 2.46. The van der Waals surface area contributed by atoms with E-state index in [0.29, 0.717) is 12.3 Å². The Morgan fingerprint density at radius 2 is 1.75 bits per heavy atom. The van der Waals surface area contributed by atoms with Crippen molar-refractivity contribution in [2.24, 2.45) is 5.92 Å². The fourth-order valence-corrected chi connectivity index (χ4v) is 2.44. The number of rotatable bonds is 4. The van der Waals surface area contributed by atoms with Crippen LogP contribution in [0.1, 0.15) is 26.7 Å². The van der Waals surface area contributed by atoms with Crippen molar-refractivity contribution in [3.05, 3.63) is 30.1 Å². The molecule has 1 aromatic rings. The van der Waals surface area contributed by atoms with Crippen LogP contribution in [0.15, 0.2) is 24.3 Å². The van der Waals surface area contributed by atoms with Gasteiger partial charge in [0.2, 0.25) is 5.91 Å². The van der Waals surface area contributed by atoms with Crippen molar-refractivity contribution in [3.8, 4) is 0 Å². The lowest BCUT2D eigenvalue weighted by Crippen LogP contribution is -2.48. The molecule has 2 rings (SSSR count). The van der Waals surface area contributed by atoms with Crippen molar-refractivity contribution in [1.29, 1.82) is 0 Å². The van der Waals surface area contributed by atoms with Crippen molar-refractivity contribution in [2.45, 2.75) is 26.7 Å². The third-order valence-electron chi connectivity index (χ3n) is 3.76. The third kappa shape index (κ3) is 3.95. The Kier molecular flexibility index (Phi) is 4.99. The molecule has 1 amide bonds. The van der Waals surface area contributed by atoms with Crippen molar-refractivity contribution in [3.63, 3.8) is 0 Å². The van der Waals surface area contributed by atoms with Gasteiger partial charge in [-0.25, -0.2) is 4.39 Å². The predicted octanol–water partition coefficient (Wildman–Crippen LogP) is 2.91. The molecule has 1 aliphatic rings. The van der Waals surface area contributed by atoms with E-state index in [-0.39, 0.29) is 11.7 Å². The number of carbonyl (C=O) groups excluding carboxylic acids is 1. The molecule has 1 saturated heterocycles. The molecule has 20 heavy (non-hydrogen) atoms. The second kappa shape index (κ2) is 6.73. The van der Waals surface area contributed by atoms with Crippen molar-refractivity contribution < 1.29 is 9.18 Å². The van der Waals surface area contributed by atoms with E-state index >= 15 is 0 Å². The monoisotopic (exact) mass is 278 g/mol. The number of benzene rings is 1. The zero-order chi connectivity index (χ0) is 14.5. The molecule has 0 N–H and O–H groups in total. The number of anilines is 1. The molecule has 1 aliphatic heterocycles. The number of halogens is 1. The maximum atomic E-state index is 12.9. The first kappa shape index (κ1) is 14.8. The van der Waals surface area contributed by atoms with E-state index in [1.54, 1.807) is 12.1 Å². The summed E-state index contributed by atoms with van der Waals surface area (Å²) in [6.07, 6.45) is 1.60. The van der Waals surface area contributed by atoms with Crippen LogP contribution in [0.4, 0.5) is 10.1 Å². The summed E-state index contributed by atoms with van der Waals surface area (Å²) < 4.78 is 12.9. The second-order valence-corrected chi connectivity index (χ2v) is 5.78. The fraction of sp³-hybridized carbons (Fsp3) is 0.562. The first-order valence-electron chi connectivity index (χ1n) is 7.34. The highest BCUT2D eigenvalue weighted by molar-refractivity contribution is 5.76. The lowest BCUT2D eigenvalue weighted by molar-refractivity contribution is -0.131. The van der Waals surface area contributed by atoms with Crippen molar-refractivity contribution in [1.82, 2.24) is 4.90 Å². The van der Waals surface area contributed by atoms with Crippen molar-refractivity contribution in [2.75, 3.05) is 31.1 Å². The molecule has 1 fully saturated rings. The summed E-state index contributed by atoms with van der Waals surface area (Å²) in [5, 5.41) is 0.